The molecule has 1 saturated heterocycles. The zero-order chi connectivity index (χ0) is 21.0. The molecule has 0 atom stereocenters. The highest BCUT2D eigenvalue weighted by molar-refractivity contribution is 6.04. The molecule has 0 aromatic heterocycles. The summed E-state index contributed by atoms with van der Waals surface area (Å²) in [7, 11) is 2.89. The minimum Gasteiger partial charge on any atom is -0.493 e. The van der Waals surface area contributed by atoms with Crippen molar-refractivity contribution < 1.29 is 32.2 Å². The second kappa shape index (κ2) is 8.60. The first kappa shape index (κ1) is 20.8. The summed E-state index contributed by atoms with van der Waals surface area (Å²) < 4.78 is 56.4. The van der Waals surface area contributed by atoms with Crippen molar-refractivity contribution in [2.75, 3.05) is 50.7 Å². The number of morpholine rings is 1. The molecule has 29 heavy (non-hydrogen) atoms. The topological polar surface area (TPSA) is 60.0 Å². The van der Waals surface area contributed by atoms with Gasteiger partial charge in [-0.3, -0.25) is 4.79 Å². The molecule has 1 N–H and O–H groups in total. The smallest absolute Gasteiger partial charge is 0.418 e. The van der Waals surface area contributed by atoms with Gasteiger partial charge in [-0.25, -0.2) is 0 Å². The number of halogens is 3. The Morgan fingerprint density at radius 1 is 1.03 bits per heavy atom. The molecule has 3 rings (SSSR count). The zero-order valence-electron chi connectivity index (χ0n) is 16.0. The molecule has 0 unspecified atom stereocenters. The van der Waals surface area contributed by atoms with Crippen molar-refractivity contribution in [2.24, 2.45) is 0 Å². The number of hydrogen-bond donors (Lipinski definition) is 1. The first-order valence-corrected chi connectivity index (χ1v) is 8.91. The van der Waals surface area contributed by atoms with Crippen molar-refractivity contribution in [1.82, 2.24) is 0 Å². The van der Waals surface area contributed by atoms with Gasteiger partial charge in [0.1, 0.15) is 0 Å². The molecular weight excluding hydrogens is 389 g/mol. The molecule has 0 aliphatic carbocycles. The number of alkyl halides is 3. The van der Waals surface area contributed by atoms with Crippen LogP contribution in [0.2, 0.25) is 0 Å². The van der Waals surface area contributed by atoms with Gasteiger partial charge in [0, 0.05) is 30.0 Å². The second-order valence-electron chi connectivity index (χ2n) is 6.35. The van der Waals surface area contributed by atoms with Crippen molar-refractivity contribution in [3.05, 3.63) is 47.5 Å². The lowest BCUT2D eigenvalue weighted by Crippen LogP contribution is -2.37. The molecule has 0 saturated carbocycles. The number of carbonyl (C=O) groups excluding carboxylic acids is 1. The lowest BCUT2D eigenvalue weighted by atomic mass is 10.1. The molecule has 0 bridgehead atoms. The Kier molecular flexibility index (Phi) is 6.17. The number of nitrogens with one attached hydrogen (secondary N) is 1. The van der Waals surface area contributed by atoms with E-state index in [1.165, 1.54) is 38.5 Å². The van der Waals surface area contributed by atoms with Gasteiger partial charge in [0.2, 0.25) is 0 Å². The summed E-state index contributed by atoms with van der Waals surface area (Å²) in [5, 5.41) is 2.51. The fourth-order valence-corrected chi connectivity index (χ4v) is 3.10. The van der Waals surface area contributed by atoms with Crippen LogP contribution in [0.25, 0.3) is 0 Å². The molecule has 1 amide bonds. The number of benzene rings is 2. The summed E-state index contributed by atoms with van der Waals surface area (Å²) in [5.41, 5.74) is -0.447. The third kappa shape index (κ3) is 4.73. The third-order valence-electron chi connectivity index (χ3n) is 4.56. The number of nitrogens with zero attached hydrogens (tertiary/aromatic N) is 1. The number of methoxy groups -OCH3 is 2. The molecule has 9 heteroatoms. The van der Waals surface area contributed by atoms with E-state index >= 15 is 0 Å². The maximum Gasteiger partial charge on any atom is 0.418 e. The van der Waals surface area contributed by atoms with E-state index in [1.54, 1.807) is 11.0 Å². The predicted octanol–water partition coefficient (Wildman–Crippen LogP) is 3.81. The van der Waals surface area contributed by atoms with Crippen LogP contribution in [0.4, 0.5) is 24.5 Å². The maximum absolute atomic E-state index is 13.6. The zero-order valence-corrected chi connectivity index (χ0v) is 16.0. The van der Waals surface area contributed by atoms with Gasteiger partial charge in [-0.1, -0.05) is 0 Å². The molecule has 2 aromatic rings. The average Bonchev–Trinajstić information content (AvgIpc) is 2.73. The van der Waals surface area contributed by atoms with Crippen LogP contribution >= 0.6 is 0 Å². The highest BCUT2D eigenvalue weighted by Gasteiger charge is 2.35. The van der Waals surface area contributed by atoms with Gasteiger partial charge in [0.05, 0.1) is 33.0 Å². The molecule has 1 aliphatic rings. The maximum atomic E-state index is 13.6. The minimum absolute atomic E-state index is 0.0501. The Labute approximate surface area is 166 Å². The van der Waals surface area contributed by atoms with E-state index in [9.17, 15) is 18.0 Å². The van der Waals surface area contributed by atoms with Crippen LogP contribution in [0.5, 0.6) is 11.5 Å². The summed E-state index contributed by atoms with van der Waals surface area (Å²) in [6, 6.07) is 8.29. The largest absolute Gasteiger partial charge is 0.493 e. The summed E-state index contributed by atoms with van der Waals surface area (Å²) in [6.07, 6.45) is -4.56. The van der Waals surface area contributed by atoms with E-state index in [1.807, 2.05) is 0 Å². The fraction of sp³-hybridized carbons (Fsp3) is 0.350. The van der Waals surface area contributed by atoms with Gasteiger partial charge in [-0.15, -0.1) is 0 Å². The van der Waals surface area contributed by atoms with Crippen molar-refractivity contribution in [3.8, 4) is 11.5 Å². The van der Waals surface area contributed by atoms with Crippen LogP contribution in [-0.4, -0.2) is 46.4 Å². The van der Waals surface area contributed by atoms with Crippen molar-refractivity contribution >= 4 is 17.3 Å². The molecule has 0 spiro atoms. The Morgan fingerprint density at radius 3 is 2.34 bits per heavy atom. The molecule has 2 aromatic carbocycles. The van der Waals surface area contributed by atoms with Gasteiger partial charge < -0.3 is 24.4 Å². The van der Waals surface area contributed by atoms with Gasteiger partial charge in [0.15, 0.2) is 11.5 Å². The van der Waals surface area contributed by atoms with Crippen LogP contribution in [0, 0.1) is 0 Å². The second-order valence-corrected chi connectivity index (χ2v) is 6.35. The van der Waals surface area contributed by atoms with Crippen molar-refractivity contribution in [2.45, 2.75) is 6.18 Å². The van der Waals surface area contributed by atoms with E-state index in [-0.39, 0.29) is 16.9 Å². The summed E-state index contributed by atoms with van der Waals surface area (Å²) in [5.74, 6) is 0.232. The molecule has 0 radical (unpaired) electrons. The van der Waals surface area contributed by atoms with Gasteiger partial charge in [-0.05, 0) is 36.4 Å². The predicted molar refractivity (Wildman–Crippen MR) is 102 cm³/mol. The number of carbonyl (C=O) groups is 1. The van der Waals surface area contributed by atoms with Gasteiger partial charge in [-0.2, -0.15) is 13.2 Å². The Bertz CT molecular complexity index is 881. The Morgan fingerprint density at radius 2 is 1.72 bits per heavy atom. The number of hydrogen-bond acceptors (Lipinski definition) is 5. The van der Waals surface area contributed by atoms with Crippen LogP contribution in [-0.2, 0) is 10.9 Å². The average molecular weight is 410 g/mol. The van der Waals surface area contributed by atoms with Crippen LogP contribution < -0.4 is 19.7 Å². The number of rotatable bonds is 5. The van der Waals surface area contributed by atoms with E-state index in [0.29, 0.717) is 37.8 Å². The lowest BCUT2D eigenvalue weighted by Gasteiger charge is -2.31. The van der Waals surface area contributed by atoms with E-state index in [4.69, 9.17) is 14.2 Å². The fourth-order valence-electron chi connectivity index (χ4n) is 3.10. The molecule has 1 fully saturated rings. The minimum atomic E-state index is -4.56. The van der Waals surface area contributed by atoms with E-state index in [2.05, 4.69) is 5.32 Å². The van der Waals surface area contributed by atoms with Gasteiger partial charge >= 0.3 is 6.18 Å². The van der Waals surface area contributed by atoms with Crippen molar-refractivity contribution in [1.29, 1.82) is 0 Å². The number of anilines is 2. The highest BCUT2D eigenvalue weighted by atomic mass is 19.4. The first-order chi connectivity index (χ1) is 13.8. The summed E-state index contributed by atoms with van der Waals surface area (Å²) >= 11 is 0. The summed E-state index contributed by atoms with van der Waals surface area (Å²) in [4.78, 5) is 14.1. The SMILES string of the molecule is COc1ccc(C(=O)Nc2ccc(N3CCOCC3)c(C(F)(F)F)c2)cc1OC. The lowest BCUT2D eigenvalue weighted by molar-refractivity contribution is -0.137. The number of amides is 1. The monoisotopic (exact) mass is 410 g/mol. The molecule has 1 aliphatic heterocycles. The van der Waals surface area contributed by atoms with Crippen LogP contribution in [0.15, 0.2) is 36.4 Å². The highest BCUT2D eigenvalue weighted by Crippen LogP contribution is 2.38. The number of ether oxygens (including phenoxy) is 3. The third-order valence-corrected chi connectivity index (χ3v) is 4.56. The standard InChI is InChI=1S/C20H21F3N2O4/c1-27-17-6-3-13(11-18(17)28-2)19(26)24-14-4-5-16(15(12-14)20(21,22)23)25-7-9-29-10-8-25/h3-6,11-12H,7-10H2,1-2H3,(H,24,26). The van der Waals surface area contributed by atoms with Crippen molar-refractivity contribution in [3.63, 3.8) is 0 Å². The van der Waals surface area contributed by atoms with E-state index < -0.39 is 17.6 Å². The molecule has 156 valence electrons. The van der Waals surface area contributed by atoms with Crippen LogP contribution in [0.3, 0.4) is 0 Å². The van der Waals surface area contributed by atoms with E-state index in [0.717, 1.165) is 6.07 Å². The quantitative estimate of drug-likeness (QED) is 0.812. The molecule has 6 nitrogen and oxygen atoms in total. The Hall–Kier alpha value is -2.94. The van der Waals surface area contributed by atoms with Gasteiger partial charge in [0.25, 0.3) is 5.91 Å². The van der Waals surface area contributed by atoms with Crippen LogP contribution in [0.1, 0.15) is 15.9 Å². The Balaban J connectivity index is 1.86. The molecular formula is C20H21F3N2O4. The summed E-state index contributed by atoms with van der Waals surface area (Å²) in [6.45, 7) is 1.49. The molecule has 1 heterocycles. The first-order valence-electron chi connectivity index (χ1n) is 8.91. The normalized spacial score (nSPS) is 14.4.